The van der Waals surface area contributed by atoms with Crippen LogP contribution in [0.25, 0.3) is 0 Å². The Morgan fingerprint density at radius 1 is 0.941 bits per heavy atom. The highest BCUT2D eigenvalue weighted by atomic mass is 35.5. The zero-order valence-corrected chi connectivity index (χ0v) is 21.2. The fourth-order valence-corrected chi connectivity index (χ4v) is 7.17. The minimum atomic E-state index is -0.275. The summed E-state index contributed by atoms with van der Waals surface area (Å²) in [4.78, 5) is 29.1. The van der Waals surface area contributed by atoms with Crippen LogP contribution >= 0.6 is 23.2 Å². The number of allylic oxidation sites excluding steroid dienone is 2. The molecule has 1 aromatic carbocycles. The third-order valence-corrected chi connectivity index (χ3v) is 9.14. The van der Waals surface area contributed by atoms with Crippen LogP contribution in [0, 0.1) is 29.1 Å². The van der Waals surface area contributed by atoms with Gasteiger partial charge in [-0.25, -0.2) is 0 Å². The maximum Gasteiger partial charge on any atom is 0.224 e. The summed E-state index contributed by atoms with van der Waals surface area (Å²) >= 11 is 12.3. The molecule has 2 saturated carbocycles. The van der Waals surface area contributed by atoms with Crippen LogP contribution in [0.3, 0.4) is 0 Å². The first kappa shape index (κ1) is 24.1. The smallest absolute Gasteiger partial charge is 0.224 e. The van der Waals surface area contributed by atoms with E-state index in [1.165, 1.54) is 25.9 Å². The van der Waals surface area contributed by atoms with Gasteiger partial charge in [-0.15, -0.1) is 0 Å². The molecule has 1 saturated heterocycles. The normalized spacial score (nSPS) is 28.5. The summed E-state index contributed by atoms with van der Waals surface area (Å²) in [6.45, 7) is 4.74. The van der Waals surface area contributed by atoms with Crippen molar-refractivity contribution in [2.45, 2.75) is 44.9 Å². The Balaban J connectivity index is 1.15. The second kappa shape index (κ2) is 10.2. The Bertz CT molecular complexity index is 955. The summed E-state index contributed by atoms with van der Waals surface area (Å²) in [7, 11) is 0. The summed E-state index contributed by atoms with van der Waals surface area (Å²) in [5.41, 5.74) is 1.11. The molecule has 3 aliphatic carbocycles. The van der Waals surface area contributed by atoms with Gasteiger partial charge in [0.15, 0.2) is 0 Å². The first-order valence-corrected chi connectivity index (χ1v) is 13.7. The molecule has 2 bridgehead atoms. The van der Waals surface area contributed by atoms with E-state index in [0.717, 1.165) is 37.8 Å². The van der Waals surface area contributed by atoms with Crippen LogP contribution in [-0.2, 0) is 16.0 Å². The molecule has 34 heavy (non-hydrogen) atoms. The topological polar surface area (TPSA) is 61.4 Å². The third-order valence-electron chi connectivity index (χ3n) is 8.55. The molecule has 1 aromatic rings. The second-order valence-corrected chi connectivity index (χ2v) is 11.4. The van der Waals surface area contributed by atoms with E-state index < -0.39 is 0 Å². The number of carbonyl (C=O) groups excluding carboxylic acids is 2. The maximum atomic E-state index is 13.3. The molecule has 0 aromatic heterocycles. The van der Waals surface area contributed by atoms with Gasteiger partial charge in [-0.05, 0) is 99.5 Å². The summed E-state index contributed by atoms with van der Waals surface area (Å²) < 4.78 is 0. The second-order valence-electron chi connectivity index (χ2n) is 10.5. The minimum Gasteiger partial charge on any atom is -0.356 e. The Morgan fingerprint density at radius 3 is 2.21 bits per heavy atom. The van der Waals surface area contributed by atoms with E-state index in [2.05, 4.69) is 27.7 Å². The lowest BCUT2D eigenvalue weighted by molar-refractivity contribution is -0.135. The van der Waals surface area contributed by atoms with Crippen LogP contribution in [0.1, 0.15) is 44.1 Å². The van der Waals surface area contributed by atoms with Crippen molar-refractivity contribution in [3.63, 3.8) is 0 Å². The third kappa shape index (κ3) is 4.76. The van der Waals surface area contributed by atoms with Gasteiger partial charge in [-0.2, -0.15) is 0 Å². The van der Waals surface area contributed by atoms with Crippen LogP contribution in [0.15, 0.2) is 30.4 Å². The van der Waals surface area contributed by atoms with E-state index in [9.17, 15) is 9.59 Å². The van der Waals surface area contributed by atoms with E-state index in [-0.39, 0.29) is 40.9 Å². The quantitative estimate of drug-likeness (QED) is 0.365. The van der Waals surface area contributed by atoms with Gasteiger partial charge in [0, 0.05) is 23.1 Å². The van der Waals surface area contributed by atoms with Crippen molar-refractivity contribution < 1.29 is 9.59 Å². The number of hydrogen-bond acceptors (Lipinski definition) is 3. The Kier molecular flexibility index (Phi) is 7.25. The predicted octanol–water partition coefficient (Wildman–Crippen LogP) is 4.47. The van der Waals surface area contributed by atoms with Crippen LogP contribution in [0.2, 0.25) is 10.0 Å². The van der Waals surface area contributed by atoms with Gasteiger partial charge in [0.25, 0.3) is 0 Å². The number of rotatable bonds is 10. The molecule has 2 N–H and O–H groups in total. The van der Waals surface area contributed by atoms with E-state index in [1.807, 2.05) is 12.1 Å². The molecule has 1 aliphatic heterocycles. The van der Waals surface area contributed by atoms with Crippen LogP contribution in [0.5, 0.6) is 0 Å². The number of unbranched alkanes of at least 4 members (excludes halogenated alkanes) is 1. The van der Waals surface area contributed by atoms with Crippen molar-refractivity contribution in [2.24, 2.45) is 29.1 Å². The summed E-state index contributed by atoms with van der Waals surface area (Å²) in [5, 5.41) is 7.50. The molecule has 7 heteroatoms. The molecule has 4 aliphatic rings. The SMILES string of the molecule is O=C(NCCCCN1CCCC1)[C@H]1[C@H](C(=O)NCCc2ccc(Cl)cc2Cl)[C@@H]2C=C[C@H]1C21CC1. The van der Waals surface area contributed by atoms with Crippen molar-refractivity contribution in [2.75, 3.05) is 32.7 Å². The van der Waals surface area contributed by atoms with E-state index >= 15 is 0 Å². The molecule has 0 unspecified atom stereocenters. The average Bonchev–Trinajstić information content (AvgIpc) is 3.17. The van der Waals surface area contributed by atoms with Crippen LogP contribution in [0.4, 0.5) is 0 Å². The number of amides is 2. The number of nitrogens with zero attached hydrogens (tertiary/aromatic N) is 1. The monoisotopic (exact) mass is 503 g/mol. The van der Waals surface area contributed by atoms with Gasteiger partial charge in [-0.1, -0.05) is 41.4 Å². The van der Waals surface area contributed by atoms with Gasteiger partial charge < -0.3 is 15.5 Å². The van der Waals surface area contributed by atoms with Crippen LogP contribution in [-0.4, -0.2) is 49.4 Å². The first-order chi connectivity index (χ1) is 16.5. The highest BCUT2D eigenvalue weighted by Crippen LogP contribution is 2.72. The predicted molar refractivity (Wildman–Crippen MR) is 136 cm³/mol. The minimum absolute atomic E-state index is 0.00222. The lowest BCUT2D eigenvalue weighted by Crippen LogP contribution is -2.44. The van der Waals surface area contributed by atoms with Crippen molar-refractivity contribution in [1.29, 1.82) is 0 Å². The van der Waals surface area contributed by atoms with Gasteiger partial charge in [0.2, 0.25) is 11.8 Å². The maximum absolute atomic E-state index is 13.3. The molecule has 1 heterocycles. The van der Waals surface area contributed by atoms with Crippen LogP contribution < -0.4 is 10.6 Å². The Labute approximate surface area is 212 Å². The van der Waals surface area contributed by atoms with Gasteiger partial charge in [0.1, 0.15) is 0 Å². The van der Waals surface area contributed by atoms with Crippen molar-refractivity contribution >= 4 is 35.0 Å². The Morgan fingerprint density at radius 2 is 1.59 bits per heavy atom. The fraction of sp³-hybridized carbons (Fsp3) is 0.630. The molecule has 0 radical (unpaired) electrons. The largest absolute Gasteiger partial charge is 0.356 e. The fourth-order valence-electron chi connectivity index (χ4n) is 6.67. The molecule has 5 rings (SSSR count). The van der Waals surface area contributed by atoms with Gasteiger partial charge in [0.05, 0.1) is 11.8 Å². The highest BCUT2D eigenvalue weighted by Gasteiger charge is 2.69. The molecule has 184 valence electrons. The number of benzene rings is 1. The van der Waals surface area contributed by atoms with E-state index in [4.69, 9.17) is 23.2 Å². The zero-order valence-electron chi connectivity index (χ0n) is 19.7. The molecule has 3 fully saturated rings. The molecule has 1 spiro atoms. The number of halogens is 2. The van der Waals surface area contributed by atoms with Gasteiger partial charge >= 0.3 is 0 Å². The van der Waals surface area contributed by atoms with E-state index in [0.29, 0.717) is 29.6 Å². The first-order valence-electron chi connectivity index (χ1n) is 12.9. The average molecular weight is 505 g/mol. The lowest BCUT2D eigenvalue weighted by atomic mass is 9.81. The van der Waals surface area contributed by atoms with Gasteiger partial charge in [-0.3, -0.25) is 9.59 Å². The van der Waals surface area contributed by atoms with Crippen molar-refractivity contribution in [1.82, 2.24) is 15.5 Å². The lowest BCUT2D eigenvalue weighted by Gasteiger charge is -2.26. The standard InChI is InChI=1S/C27H35Cl2N3O2/c28-19-6-5-18(22(29)17-19)9-13-31-26(34)24-21-8-7-20(27(21)10-11-27)23(24)25(33)30-12-1-2-14-32-15-3-4-16-32/h5-8,17,20-21,23-24H,1-4,9-16H2,(H,30,33)(H,31,34)/t20-,21+,23-,24-/m1/s1. The number of likely N-dealkylation sites (tertiary alicyclic amines) is 1. The number of hydrogen-bond donors (Lipinski definition) is 2. The van der Waals surface area contributed by atoms with Crippen molar-refractivity contribution in [3.8, 4) is 0 Å². The molecular formula is C27H35Cl2N3O2. The molecule has 5 nitrogen and oxygen atoms in total. The highest BCUT2D eigenvalue weighted by molar-refractivity contribution is 6.35. The summed E-state index contributed by atoms with van der Waals surface area (Å²) in [6, 6.07) is 5.44. The van der Waals surface area contributed by atoms with Crippen molar-refractivity contribution in [3.05, 3.63) is 46.0 Å². The zero-order chi connectivity index (χ0) is 23.7. The molecule has 4 atom stereocenters. The summed E-state index contributed by atoms with van der Waals surface area (Å²) in [6.07, 6.45) is 12.0. The molecule has 2 amide bonds. The Hall–Kier alpha value is -1.56. The molecular weight excluding hydrogens is 469 g/mol. The number of carbonyl (C=O) groups is 2. The van der Waals surface area contributed by atoms with E-state index in [1.54, 1.807) is 6.07 Å². The summed E-state index contributed by atoms with van der Waals surface area (Å²) in [5.74, 6) is -0.0864. The number of nitrogens with one attached hydrogen (secondary N) is 2.